The van der Waals surface area contributed by atoms with Gasteiger partial charge < -0.3 is 9.47 Å². The van der Waals surface area contributed by atoms with E-state index in [-0.39, 0.29) is 22.8 Å². The van der Waals surface area contributed by atoms with Crippen molar-refractivity contribution in [2.45, 2.75) is 13.8 Å². The molecule has 0 N–H and O–H groups in total. The molecule has 2 aromatic carbocycles. The number of esters is 2. The summed E-state index contributed by atoms with van der Waals surface area (Å²) in [5, 5.41) is 0. The second-order valence-electron chi connectivity index (χ2n) is 6.33. The number of aromatic nitrogens is 2. The van der Waals surface area contributed by atoms with E-state index in [0.29, 0.717) is 11.1 Å². The van der Waals surface area contributed by atoms with E-state index in [1.165, 1.54) is 14.2 Å². The third kappa shape index (κ3) is 3.76. The lowest BCUT2D eigenvalue weighted by Crippen LogP contribution is -2.16. The average molecular weight is 376 g/mol. The van der Waals surface area contributed by atoms with Crippen LogP contribution in [0.2, 0.25) is 0 Å². The van der Waals surface area contributed by atoms with Gasteiger partial charge in [-0.3, -0.25) is 0 Å². The molecule has 142 valence electrons. The third-order valence-corrected chi connectivity index (χ3v) is 4.32. The molecule has 0 amide bonds. The molecule has 6 nitrogen and oxygen atoms in total. The van der Waals surface area contributed by atoms with Crippen molar-refractivity contribution in [3.05, 3.63) is 71.0 Å². The summed E-state index contributed by atoms with van der Waals surface area (Å²) in [7, 11) is 2.54. The molecule has 0 saturated heterocycles. The molecule has 0 atom stereocenters. The normalized spacial score (nSPS) is 10.4. The van der Waals surface area contributed by atoms with Gasteiger partial charge in [-0.25, -0.2) is 19.6 Å². The van der Waals surface area contributed by atoms with E-state index in [2.05, 4.69) is 9.97 Å². The predicted octanol–water partition coefficient (Wildman–Crippen LogP) is 4.00. The zero-order chi connectivity index (χ0) is 20.3. The van der Waals surface area contributed by atoms with Crippen molar-refractivity contribution in [1.29, 1.82) is 0 Å². The van der Waals surface area contributed by atoms with Gasteiger partial charge in [0, 0.05) is 11.1 Å². The fourth-order valence-corrected chi connectivity index (χ4v) is 2.77. The van der Waals surface area contributed by atoms with Gasteiger partial charge in [-0.2, -0.15) is 0 Å². The van der Waals surface area contributed by atoms with E-state index in [9.17, 15) is 9.59 Å². The van der Waals surface area contributed by atoms with Gasteiger partial charge in [0.2, 0.25) is 0 Å². The smallest absolute Gasteiger partial charge is 0.357 e. The number of carbonyl (C=O) groups excluding carboxylic acids is 2. The molecule has 0 spiro atoms. The lowest BCUT2D eigenvalue weighted by atomic mass is 9.99. The van der Waals surface area contributed by atoms with Crippen LogP contribution in [0.1, 0.15) is 32.1 Å². The fraction of sp³-hybridized carbons (Fsp3) is 0.182. The van der Waals surface area contributed by atoms with Crippen LogP contribution in [0.3, 0.4) is 0 Å². The van der Waals surface area contributed by atoms with Crippen molar-refractivity contribution in [1.82, 2.24) is 9.97 Å². The maximum atomic E-state index is 12.5. The van der Waals surface area contributed by atoms with Crippen LogP contribution in [0, 0.1) is 13.8 Å². The van der Waals surface area contributed by atoms with Crippen LogP contribution in [0.5, 0.6) is 0 Å². The molecular formula is C22H20N2O4. The van der Waals surface area contributed by atoms with Crippen molar-refractivity contribution >= 4 is 11.9 Å². The first-order valence-corrected chi connectivity index (χ1v) is 8.67. The first-order valence-electron chi connectivity index (χ1n) is 8.67. The molecule has 0 radical (unpaired) electrons. The second-order valence-corrected chi connectivity index (χ2v) is 6.33. The lowest BCUT2D eigenvalue weighted by Gasteiger charge is -2.14. The first kappa shape index (κ1) is 19.2. The maximum absolute atomic E-state index is 12.5. The summed E-state index contributed by atoms with van der Waals surface area (Å²) in [6.07, 6.45) is 0. The summed E-state index contributed by atoms with van der Waals surface area (Å²) in [5.41, 5.74) is 3.73. The number of hydrogen-bond donors (Lipinski definition) is 0. The number of methoxy groups -OCH3 is 2. The molecular weight excluding hydrogens is 356 g/mol. The van der Waals surface area contributed by atoms with Crippen LogP contribution < -0.4 is 0 Å². The summed E-state index contributed by atoms with van der Waals surface area (Å²) in [5.74, 6) is -1.07. The highest BCUT2D eigenvalue weighted by Crippen LogP contribution is 2.30. The Bertz CT molecular complexity index is 988. The van der Waals surface area contributed by atoms with Crippen LogP contribution >= 0.6 is 0 Å². The number of benzene rings is 2. The number of nitrogens with zero attached hydrogens (tertiary/aromatic N) is 2. The number of aryl methyl sites for hydroxylation is 2. The van der Waals surface area contributed by atoms with Crippen molar-refractivity contribution in [3.63, 3.8) is 0 Å². The lowest BCUT2D eigenvalue weighted by molar-refractivity contribution is 0.0592. The second kappa shape index (κ2) is 8.00. The Kier molecular flexibility index (Phi) is 5.49. The Morgan fingerprint density at radius 3 is 1.46 bits per heavy atom. The summed E-state index contributed by atoms with van der Waals surface area (Å²) in [6.45, 7) is 3.91. The minimum absolute atomic E-state index is 0.0114. The van der Waals surface area contributed by atoms with Crippen LogP contribution in [0.15, 0.2) is 48.5 Å². The van der Waals surface area contributed by atoms with Gasteiger partial charge in [0.25, 0.3) is 0 Å². The van der Waals surface area contributed by atoms with E-state index < -0.39 is 11.9 Å². The average Bonchev–Trinajstić information content (AvgIpc) is 2.73. The molecule has 0 unspecified atom stereocenters. The highest BCUT2D eigenvalue weighted by Gasteiger charge is 2.26. The molecule has 3 aromatic rings. The highest BCUT2D eigenvalue weighted by atomic mass is 16.5. The molecule has 6 heteroatoms. The Morgan fingerprint density at radius 1 is 0.679 bits per heavy atom. The van der Waals surface area contributed by atoms with Gasteiger partial charge >= 0.3 is 11.9 Å². The quantitative estimate of drug-likeness (QED) is 0.641. The molecule has 0 saturated carbocycles. The van der Waals surface area contributed by atoms with Gasteiger partial charge in [0.15, 0.2) is 17.2 Å². The molecule has 0 aliphatic rings. The van der Waals surface area contributed by atoms with Gasteiger partial charge in [0.05, 0.1) is 14.2 Å². The first-order chi connectivity index (χ1) is 13.4. The zero-order valence-corrected chi connectivity index (χ0v) is 16.1. The minimum atomic E-state index is -0.656. The van der Waals surface area contributed by atoms with Crippen LogP contribution in [-0.4, -0.2) is 36.1 Å². The van der Waals surface area contributed by atoms with E-state index in [1.54, 1.807) is 12.1 Å². The molecule has 0 fully saturated rings. The number of rotatable bonds is 4. The maximum Gasteiger partial charge on any atom is 0.357 e. The highest BCUT2D eigenvalue weighted by molar-refractivity contribution is 6.04. The Balaban J connectivity index is 2.32. The molecule has 3 rings (SSSR count). The predicted molar refractivity (Wildman–Crippen MR) is 105 cm³/mol. The van der Waals surface area contributed by atoms with Gasteiger partial charge in [-0.15, -0.1) is 0 Å². The summed E-state index contributed by atoms with van der Waals surface area (Å²) >= 11 is 0. The Morgan fingerprint density at radius 2 is 1.07 bits per heavy atom. The van der Waals surface area contributed by atoms with Gasteiger partial charge in [-0.05, 0) is 19.4 Å². The molecule has 1 aromatic heterocycles. The van der Waals surface area contributed by atoms with Crippen molar-refractivity contribution < 1.29 is 19.1 Å². The van der Waals surface area contributed by atoms with Crippen molar-refractivity contribution in [3.8, 4) is 22.5 Å². The Labute approximate surface area is 163 Å². The van der Waals surface area contributed by atoms with Crippen LogP contribution in [0.25, 0.3) is 22.5 Å². The summed E-state index contributed by atoms with van der Waals surface area (Å²) in [4.78, 5) is 33.9. The van der Waals surface area contributed by atoms with E-state index in [0.717, 1.165) is 11.1 Å². The monoisotopic (exact) mass is 376 g/mol. The number of hydrogen-bond acceptors (Lipinski definition) is 6. The minimum Gasteiger partial charge on any atom is -0.464 e. The number of ether oxygens (including phenoxy) is 2. The summed E-state index contributed by atoms with van der Waals surface area (Å²) < 4.78 is 9.84. The van der Waals surface area contributed by atoms with Crippen LogP contribution in [0.4, 0.5) is 0 Å². The molecule has 28 heavy (non-hydrogen) atoms. The largest absolute Gasteiger partial charge is 0.464 e. The van der Waals surface area contributed by atoms with Gasteiger partial charge in [0.1, 0.15) is 0 Å². The SMILES string of the molecule is COC(=O)c1nc(-c2ccc(C)cc2)nc(C(=O)OC)c1-c1ccc(C)cc1. The summed E-state index contributed by atoms with van der Waals surface area (Å²) in [6, 6.07) is 14.8. The standard InChI is InChI=1S/C22H20N2O4/c1-13-5-9-15(10-6-13)17-18(21(25)27-3)23-20(24-19(17)22(26)28-4)16-11-7-14(2)8-12-16/h5-12H,1-4H3. The zero-order valence-electron chi connectivity index (χ0n) is 16.1. The van der Waals surface area contributed by atoms with Crippen molar-refractivity contribution in [2.24, 2.45) is 0 Å². The fourth-order valence-electron chi connectivity index (χ4n) is 2.77. The molecule has 0 aliphatic heterocycles. The Hall–Kier alpha value is -3.54. The molecule has 0 bridgehead atoms. The van der Waals surface area contributed by atoms with E-state index in [1.807, 2.05) is 50.2 Å². The van der Waals surface area contributed by atoms with E-state index in [4.69, 9.17) is 9.47 Å². The van der Waals surface area contributed by atoms with E-state index >= 15 is 0 Å². The molecule has 1 heterocycles. The van der Waals surface area contributed by atoms with Gasteiger partial charge in [-0.1, -0.05) is 59.7 Å². The van der Waals surface area contributed by atoms with Crippen LogP contribution in [-0.2, 0) is 9.47 Å². The third-order valence-electron chi connectivity index (χ3n) is 4.32. The topological polar surface area (TPSA) is 78.4 Å². The molecule has 0 aliphatic carbocycles. The van der Waals surface area contributed by atoms with Crippen molar-refractivity contribution in [2.75, 3.05) is 14.2 Å². The number of carbonyl (C=O) groups is 2.